The fraction of sp³-hybridized carbons (Fsp3) is 0.421. The second kappa shape index (κ2) is 7.03. The van der Waals surface area contributed by atoms with Crippen LogP contribution in [0.4, 0.5) is 0 Å². The van der Waals surface area contributed by atoms with Crippen LogP contribution in [-0.4, -0.2) is 50.3 Å². The Morgan fingerprint density at radius 1 is 1.15 bits per heavy atom. The van der Waals surface area contributed by atoms with Gasteiger partial charge < -0.3 is 19.4 Å². The number of nitrogens with one attached hydrogen (secondary N) is 1. The number of fused-ring (bicyclic) bond motifs is 1. The highest BCUT2D eigenvalue weighted by molar-refractivity contribution is 5.47. The van der Waals surface area contributed by atoms with Gasteiger partial charge in [-0.3, -0.25) is 0 Å². The molecule has 1 atom stereocenters. The molecule has 2 aromatic heterocycles. The number of ether oxygens (including phenoxy) is 2. The van der Waals surface area contributed by atoms with Crippen molar-refractivity contribution in [3.63, 3.8) is 0 Å². The molecule has 0 spiro atoms. The molecule has 0 amide bonds. The Hall–Kier alpha value is -2.87. The van der Waals surface area contributed by atoms with E-state index in [9.17, 15) is 0 Å². The predicted molar refractivity (Wildman–Crippen MR) is 98.7 cm³/mol. The lowest BCUT2D eigenvalue weighted by molar-refractivity contribution is 0.0788. The molecule has 0 aliphatic carbocycles. The molecule has 1 N–H and O–H groups in total. The van der Waals surface area contributed by atoms with Crippen LogP contribution in [0.15, 0.2) is 42.9 Å². The molecule has 8 nitrogen and oxygen atoms in total. The Bertz CT molecular complexity index is 914. The van der Waals surface area contributed by atoms with E-state index in [1.54, 1.807) is 6.20 Å². The Morgan fingerprint density at radius 3 is 2.89 bits per heavy atom. The molecule has 1 aromatic carbocycles. The van der Waals surface area contributed by atoms with Crippen molar-refractivity contribution >= 4 is 0 Å². The molecule has 0 bridgehead atoms. The van der Waals surface area contributed by atoms with Gasteiger partial charge in [0.1, 0.15) is 12.3 Å². The maximum Gasteiger partial charge on any atom is 0.162 e. The smallest absolute Gasteiger partial charge is 0.162 e. The van der Waals surface area contributed by atoms with Gasteiger partial charge in [0.05, 0.1) is 18.8 Å². The lowest BCUT2D eigenvalue weighted by atomic mass is 10.1. The van der Waals surface area contributed by atoms with E-state index in [1.807, 2.05) is 41.3 Å². The normalized spacial score (nSPS) is 19.9. The minimum atomic E-state index is -0.0766. The van der Waals surface area contributed by atoms with E-state index < -0.39 is 0 Å². The van der Waals surface area contributed by atoms with E-state index in [0.29, 0.717) is 19.2 Å². The maximum absolute atomic E-state index is 6.07. The van der Waals surface area contributed by atoms with Crippen molar-refractivity contribution in [2.24, 2.45) is 0 Å². The number of rotatable bonds is 4. The highest BCUT2D eigenvalue weighted by Crippen LogP contribution is 2.31. The zero-order valence-corrected chi connectivity index (χ0v) is 15.0. The largest absolute Gasteiger partial charge is 0.486 e. The van der Waals surface area contributed by atoms with Crippen LogP contribution in [0.2, 0.25) is 0 Å². The van der Waals surface area contributed by atoms with Crippen LogP contribution in [0.1, 0.15) is 18.9 Å². The molecular weight excluding hydrogens is 344 g/mol. The molecule has 2 aliphatic rings. The van der Waals surface area contributed by atoms with E-state index in [2.05, 4.69) is 25.2 Å². The average molecular weight is 366 g/mol. The third-order valence-electron chi connectivity index (χ3n) is 5.11. The van der Waals surface area contributed by atoms with Gasteiger partial charge in [-0.05, 0) is 38.1 Å². The molecule has 0 saturated carbocycles. The SMILES string of the molecule is c1ccc2c(c1)OC[C@@H](Cn1ccnc1-c1cn(C3CCNCC3)nn1)O2. The van der Waals surface area contributed by atoms with Crippen molar-refractivity contribution in [2.45, 2.75) is 31.5 Å². The summed E-state index contributed by atoms with van der Waals surface area (Å²) in [5, 5.41) is 12.1. The lowest BCUT2D eigenvalue weighted by Crippen LogP contribution is -2.33. The third kappa shape index (κ3) is 3.28. The Kier molecular flexibility index (Phi) is 4.25. The molecule has 2 aliphatic heterocycles. The van der Waals surface area contributed by atoms with Gasteiger partial charge in [-0.15, -0.1) is 5.10 Å². The second-order valence-corrected chi connectivity index (χ2v) is 6.97. The first-order chi connectivity index (χ1) is 13.4. The summed E-state index contributed by atoms with van der Waals surface area (Å²) in [5.41, 5.74) is 0.788. The summed E-state index contributed by atoms with van der Waals surface area (Å²) < 4.78 is 15.9. The highest BCUT2D eigenvalue weighted by Gasteiger charge is 2.23. The van der Waals surface area contributed by atoms with Crippen molar-refractivity contribution < 1.29 is 9.47 Å². The first-order valence-electron chi connectivity index (χ1n) is 9.39. The van der Waals surface area contributed by atoms with Gasteiger partial charge in [-0.1, -0.05) is 17.3 Å². The molecule has 1 saturated heterocycles. The number of piperidine rings is 1. The Balaban J connectivity index is 1.32. The number of nitrogens with zero attached hydrogens (tertiary/aromatic N) is 5. The molecule has 5 rings (SSSR count). The van der Waals surface area contributed by atoms with E-state index in [1.165, 1.54) is 0 Å². The fourth-order valence-electron chi connectivity index (χ4n) is 3.69. The molecule has 140 valence electrons. The molecule has 4 heterocycles. The van der Waals surface area contributed by atoms with Crippen molar-refractivity contribution in [1.82, 2.24) is 29.9 Å². The van der Waals surface area contributed by atoms with Gasteiger partial charge >= 0.3 is 0 Å². The first kappa shape index (κ1) is 16.3. The molecule has 8 heteroatoms. The number of hydrogen-bond acceptors (Lipinski definition) is 6. The molecule has 1 fully saturated rings. The van der Waals surface area contributed by atoms with Gasteiger partial charge in [0.15, 0.2) is 23.4 Å². The topological polar surface area (TPSA) is 79.0 Å². The van der Waals surface area contributed by atoms with Crippen LogP contribution < -0.4 is 14.8 Å². The minimum Gasteiger partial charge on any atom is -0.486 e. The molecule has 0 unspecified atom stereocenters. The number of aromatic nitrogens is 5. The average Bonchev–Trinajstić information content (AvgIpc) is 3.38. The third-order valence-corrected chi connectivity index (χ3v) is 5.11. The van der Waals surface area contributed by atoms with Crippen LogP contribution in [-0.2, 0) is 6.54 Å². The van der Waals surface area contributed by atoms with Crippen molar-refractivity contribution in [3.05, 3.63) is 42.9 Å². The molecule has 3 aromatic rings. The van der Waals surface area contributed by atoms with E-state index in [4.69, 9.17) is 9.47 Å². The lowest BCUT2D eigenvalue weighted by Gasteiger charge is -2.26. The van der Waals surface area contributed by atoms with Gasteiger partial charge in [0.25, 0.3) is 0 Å². The standard InChI is InChI=1S/C19H22N6O2/c1-2-4-18-17(3-1)26-13-15(27-18)11-24-10-9-21-19(24)16-12-25(23-22-16)14-5-7-20-8-6-14/h1-4,9-10,12,14-15,20H,5-8,11,13H2/t15-/m1/s1. The molecular formula is C19H22N6O2. The summed E-state index contributed by atoms with van der Waals surface area (Å²) in [6.07, 6.45) is 7.81. The Labute approximate surface area is 157 Å². The summed E-state index contributed by atoms with van der Waals surface area (Å²) in [6.45, 7) is 3.20. The summed E-state index contributed by atoms with van der Waals surface area (Å²) in [4.78, 5) is 4.49. The van der Waals surface area contributed by atoms with E-state index in [0.717, 1.165) is 48.9 Å². The monoisotopic (exact) mass is 366 g/mol. The van der Waals surface area contributed by atoms with Crippen LogP contribution >= 0.6 is 0 Å². The van der Waals surface area contributed by atoms with Crippen molar-refractivity contribution in [3.8, 4) is 23.0 Å². The van der Waals surface area contributed by atoms with Gasteiger partial charge in [0, 0.05) is 12.4 Å². The molecule has 0 radical (unpaired) electrons. The number of para-hydroxylation sites is 2. The summed E-state index contributed by atoms with van der Waals surface area (Å²) in [7, 11) is 0. The van der Waals surface area contributed by atoms with Crippen LogP contribution in [0, 0.1) is 0 Å². The molecule has 27 heavy (non-hydrogen) atoms. The second-order valence-electron chi connectivity index (χ2n) is 6.97. The van der Waals surface area contributed by atoms with E-state index >= 15 is 0 Å². The predicted octanol–water partition coefficient (Wildman–Crippen LogP) is 1.91. The summed E-state index contributed by atoms with van der Waals surface area (Å²) in [5.74, 6) is 2.38. The highest BCUT2D eigenvalue weighted by atomic mass is 16.6. The van der Waals surface area contributed by atoms with Crippen LogP contribution in [0.5, 0.6) is 11.5 Å². The first-order valence-corrected chi connectivity index (χ1v) is 9.39. The number of benzene rings is 1. The number of hydrogen-bond donors (Lipinski definition) is 1. The van der Waals surface area contributed by atoms with Crippen molar-refractivity contribution in [1.29, 1.82) is 0 Å². The van der Waals surface area contributed by atoms with Gasteiger partial charge in [-0.25, -0.2) is 9.67 Å². The zero-order chi connectivity index (χ0) is 18.1. The summed E-state index contributed by atoms with van der Waals surface area (Å²) >= 11 is 0. The quantitative estimate of drug-likeness (QED) is 0.760. The fourth-order valence-corrected chi connectivity index (χ4v) is 3.69. The summed E-state index contributed by atoms with van der Waals surface area (Å²) in [6, 6.07) is 8.16. The van der Waals surface area contributed by atoms with Crippen molar-refractivity contribution in [2.75, 3.05) is 19.7 Å². The van der Waals surface area contributed by atoms with Gasteiger partial charge in [0.2, 0.25) is 0 Å². The number of imidazole rings is 1. The van der Waals surface area contributed by atoms with Crippen LogP contribution in [0.3, 0.4) is 0 Å². The van der Waals surface area contributed by atoms with E-state index in [-0.39, 0.29) is 6.10 Å². The maximum atomic E-state index is 6.07. The Morgan fingerprint density at radius 2 is 2.00 bits per heavy atom. The van der Waals surface area contributed by atoms with Crippen LogP contribution in [0.25, 0.3) is 11.5 Å². The van der Waals surface area contributed by atoms with Gasteiger partial charge in [-0.2, -0.15) is 0 Å². The zero-order valence-electron chi connectivity index (χ0n) is 15.0. The minimum absolute atomic E-state index is 0.0766.